The Morgan fingerprint density at radius 3 is 2.32 bits per heavy atom. The van der Waals surface area contributed by atoms with Gasteiger partial charge < -0.3 is 19.5 Å². The predicted molar refractivity (Wildman–Crippen MR) is 135 cm³/mol. The summed E-state index contributed by atoms with van der Waals surface area (Å²) < 4.78 is 15.6. The molecule has 178 valence electrons. The summed E-state index contributed by atoms with van der Waals surface area (Å²) in [6.07, 6.45) is 0.370. The van der Waals surface area contributed by atoms with E-state index in [1.165, 1.54) is 14.2 Å². The van der Waals surface area contributed by atoms with E-state index in [1.54, 1.807) is 36.0 Å². The van der Waals surface area contributed by atoms with Crippen molar-refractivity contribution in [2.24, 2.45) is 0 Å². The maximum Gasteiger partial charge on any atom is 0.339 e. The van der Waals surface area contributed by atoms with Crippen LogP contribution in [0.25, 0.3) is 0 Å². The molecule has 0 heterocycles. The number of carbonyl (C=O) groups is 2. The Morgan fingerprint density at radius 2 is 1.65 bits per heavy atom. The van der Waals surface area contributed by atoms with E-state index in [2.05, 4.69) is 5.32 Å². The fraction of sp³-hybridized carbons (Fsp3) is 0.231. The highest BCUT2D eigenvalue weighted by molar-refractivity contribution is 7.99. The van der Waals surface area contributed by atoms with Crippen LogP contribution in [0.15, 0.2) is 77.7 Å². The van der Waals surface area contributed by atoms with E-state index in [-0.39, 0.29) is 0 Å². The van der Waals surface area contributed by atoms with E-state index in [1.807, 2.05) is 48.5 Å². The SMILES string of the molecule is COC(=O)c1ccccc1N[C@@H](Cc1ccc(OCCSc2ccc(Cl)cc2)cc1)C(=O)OC. The van der Waals surface area contributed by atoms with Crippen LogP contribution in [0.1, 0.15) is 15.9 Å². The molecule has 3 aromatic rings. The molecule has 1 atom stereocenters. The molecule has 0 amide bonds. The summed E-state index contributed by atoms with van der Waals surface area (Å²) in [6.45, 7) is 0.559. The fourth-order valence-electron chi connectivity index (χ4n) is 3.23. The van der Waals surface area contributed by atoms with Crippen molar-refractivity contribution in [1.82, 2.24) is 0 Å². The molecule has 0 spiro atoms. The van der Waals surface area contributed by atoms with Crippen LogP contribution in [-0.2, 0) is 20.7 Å². The summed E-state index contributed by atoms with van der Waals surface area (Å²) >= 11 is 7.60. The van der Waals surface area contributed by atoms with E-state index in [9.17, 15) is 9.59 Å². The third kappa shape index (κ3) is 7.43. The van der Waals surface area contributed by atoms with E-state index in [0.717, 1.165) is 27.0 Å². The van der Waals surface area contributed by atoms with Crippen molar-refractivity contribution in [3.8, 4) is 5.75 Å². The van der Waals surface area contributed by atoms with Gasteiger partial charge in [0.05, 0.1) is 26.4 Å². The molecule has 6 nitrogen and oxygen atoms in total. The number of carbonyl (C=O) groups excluding carboxylic acids is 2. The van der Waals surface area contributed by atoms with Gasteiger partial charge in [-0.3, -0.25) is 0 Å². The number of ether oxygens (including phenoxy) is 3. The third-order valence-electron chi connectivity index (χ3n) is 4.95. The van der Waals surface area contributed by atoms with Crippen LogP contribution in [0.5, 0.6) is 5.75 Å². The van der Waals surface area contributed by atoms with Gasteiger partial charge in [0.2, 0.25) is 0 Å². The first-order valence-electron chi connectivity index (χ1n) is 10.6. The molecule has 0 aromatic heterocycles. The normalized spacial score (nSPS) is 11.4. The minimum atomic E-state index is -0.682. The Hall–Kier alpha value is -3.16. The molecule has 0 bridgehead atoms. The van der Waals surface area contributed by atoms with E-state index in [4.69, 9.17) is 25.8 Å². The van der Waals surface area contributed by atoms with Crippen molar-refractivity contribution in [2.45, 2.75) is 17.4 Å². The lowest BCUT2D eigenvalue weighted by atomic mass is 10.0. The van der Waals surface area contributed by atoms with Crippen LogP contribution >= 0.6 is 23.4 Å². The second-order valence-electron chi connectivity index (χ2n) is 7.26. The van der Waals surface area contributed by atoms with Gasteiger partial charge in [0.15, 0.2) is 0 Å². The molecule has 0 aliphatic rings. The van der Waals surface area contributed by atoms with Gasteiger partial charge in [0, 0.05) is 27.8 Å². The lowest BCUT2D eigenvalue weighted by Gasteiger charge is -2.19. The molecule has 0 unspecified atom stereocenters. The maximum atomic E-state index is 12.4. The number of thioether (sulfide) groups is 1. The Bertz CT molecular complexity index is 1090. The monoisotopic (exact) mass is 499 g/mol. The Balaban J connectivity index is 1.57. The Morgan fingerprint density at radius 1 is 0.941 bits per heavy atom. The minimum Gasteiger partial charge on any atom is -0.493 e. The van der Waals surface area contributed by atoms with Gasteiger partial charge in [0.1, 0.15) is 11.8 Å². The summed E-state index contributed by atoms with van der Waals surface area (Å²) in [7, 11) is 2.65. The quantitative estimate of drug-likeness (QED) is 0.212. The topological polar surface area (TPSA) is 73.9 Å². The molecule has 0 fully saturated rings. The summed E-state index contributed by atoms with van der Waals surface area (Å²) in [6, 6.07) is 21.5. The van der Waals surface area contributed by atoms with E-state index in [0.29, 0.717) is 24.3 Å². The number of hydrogen-bond acceptors (Lipinski definition) is 7. The standard InChI is InChI=1S/C26H26ClNO5S/c1-31-25(29)22-5-3-4-6-23(22)28-24(26(30)32-2)17-18-7-11-20(12-8-18)33-15-16-34-21-13-9-19(27)10-14-21/h3-14,24,28H,15-17H2,1-2H3/t24-/m0/s1. The number of methoxy groups -OCH3 is 2. The summed E-state index contributed by atoms with van der Waals surface area (Å²) in [5.74, 6) is 0.637. The second-order valence-corrected chi connectivity index (χ2v) is 8.86. The van der Waals surface area contributed by atoms with Crippen LogP contribution in [0.4, 0.5) is 5.69 Å². The highest BCUT2D eigenvalue weighted by Gasteiger charge is 2.22. The van der Waals surface area contributed by atoms with Gasteiger partial charge in [-0.05, 0) is 54.1 Å². The Labute approximate surface area is 208 Å². The molecule has 0 aliphatic heterocycles. The van der Waals surface area contributed by atoms with Crippen molar-refractivity contribution < 1.29 is 23.8 Å². The number of halogens is 1. The van der Waals surface area contributed by atoms with Gasteiger partial charge in [0.25, 0.3) is 0 Å². The molecule has 3 aromatic carbocycles. The molecular weight excluding hydrogens is 474 g/mol. The van der Waals surface area contributed by atoms with Gasteiger partial charge in [-0.1, -0.05) is 35.9 Å². The molecule has 34 heavy (non-hydrogen) atoms. The predicted octanol–water partition coefficient (Wildman–Crippen LogP) is 5.49. The van der Waals surface area contributed by atoms with E-state index >= 15 is 0 Å². The lowest BCUT2D eigenvalue weighted by molar-refractivity contribution is -0.141. The molecule has 0 aliphatic carbocycles. The summed E-state index contributed by atoms with van der Waals surface area (Å²) in [4.78, 5) is 25.6. The van der Waals surface area contributed by atoms with Gasteiger partial charge in [-0.15, -0.1) is 11.8 Å². The van der Waals surface area contributed by atoms with Crippen LogP contribution in [0.2, 0.25) is 5.02 Å². The number of anilines is 1. The zero-order chi connectivity index (χ0) is 24.3. The van der Waals surface area contributed by atoms with Gasteiger partial charge >= 0.3 is 11.9 Å². The first-order chi connectivity index (χ1) is 16.5. The van der Waals surface area contributed by atoms with Crippen molar-refractivity contribution in [1.29, 1.82) is 0 Å². The zero-order valence-electron chi connectivity index (χ0n) is 19.0. The summed E-state index contributed by atoms with van der Waals surface area (Å²) in [5, 5.41) is 3.84. The van der Waals surface area contributed by atoms with Crippen LogP contribution < -0.4 is 10.1 Å². The number of rotatable bonds is 11. The van der Waals surface area contributed by atoms with Gasteiger partial charge in [-0.2, -0.15) is 0 Å². The molecule has 0 saturated carbocycles. The maximum absolute atomic E-state index is 12.4. The first kappa shape index (κ1) is 25.5. The third-order valence-corrected chi connectivity index (χ3v) is 6.17. The number of benzene rings is 3. The molecular formula is C26H26ClNO5S. The highest BCUT2D eigenvalue weighted by Crippen LogP contribution is 2.22. The minimum absolute atomic E-state index is 0.346. The van der Waals surface area contributed by atoms with Crippen molar-refractivity contribution >= 4 is 41.0 Å². The largest absolute Gasteiger partial charge is 0.493 e. The molecule has 8 heteroatoms. The number of hydrogen-bond donors (Lipinski definition) is 1. The Kier molecular flexibility index (Phi) is 9.67. The number of esters is 2. The zero-order valence-corrected chi connectivity index (χ0v) is 20.5. The van der Waals surface area contributed by atoms with Crippen molar-refractivity contribution in [3.63, 3.8) is 0 Å². The van der Waals surface area contributed by atoms with Crippen LogP contribution in [0.3, 0.4) is 0 Å². The molecule has 0 radical (unpaired) electrons. The highest BCUT2D eigenvalue weighted by atomic mass is 35.5. The molecule has 1 N–H and O–H groups in total. The van der Waals surface area contributed by atoms with Crippen molar-refractivity contribution in [2.75, 3.05) is 31.9 Å². The summed E-state index contributed by atoms with van der Waals surface area (Å²) in [5.41, 5.74) is 1.77. The second kappa shape index (κ2) is 12.9. The average Bonchev–Trinajstić information content (AvgIpc) is 2.87. The van der Waals surface area contributed by atoms with Crippen LogP contribution in [-0.4, -0.2) is 44.6 Å². The van der Waals surface area contributed by atoms with E-state index < -0.39 is 18.0 Å². The first-order valence-corrected chi connectivity index (χ1v) is 12.0. The lowest BCUT2D eigenvalue weighted by Crippen LogP contribution is -2.33. The fourth-order valence-corrected chi connectivity index (χ4v) is 4.08. The number of nitrogens with one attached hydrogen (secondary N) is 1. The molecule has 0 saturated heterocycles. The number of para-hydroxylation sites is 1. The van der Waals surface area contributed by atoms with Crippen molar-refractivity contribution in [3.05, 3.63) is 88.9 Å². The van der Waals surface area contributed by atoms with Crippen LogP contribution in [0, 0.1) is 0 Å². The van der Waals surface area contributed by atoms with Gasteiger partial charge in [-0.25, -0.2) is 9.59 Å². The molecule has 3 rings (SSSR count). The average molecular weight is 500 g/mol. The smallest absolute Gasteiger partial charge is 0.339 e.